The van der Waals surface area contributed by atoms with Gasteiger partial charge in [-0.1, -0.05) is 12.1 Å². The first kappa shape index (κ1) is 24.0. The van der Waals surface area contributed by atoms with Gasteiger partial charge in [-0.25, -0.2) is 0 Å². The summed E-state index contributed by atoms with van der Waals surface area (Å²) in [5.41, 5.74) is 1.61. The molecule has 0 saturated heterocycles. The number of anilines is 2. The largest absolute Gasteiger partial charge is 0.497 e. The molecule has 0 spiro atoms. The van der Waals surface area contributed by atoms with Gasteiger partial charge in [-0.3, -0.25) is 9.59 Å². The molecular weight excluding hydrogens is 440 g/mol. The Labute approximate surface area is 197 Å². The maximum atomic E-state index is 12.9. The summed E-state index contributed by atoms with van der Waals surface area (Å²) in [5.74, 6) is 1.08. The fourth-order valence-electron chi connectivity index (χ4n) is 3.09. The van der Waals surface area contributed by atoms with Crippen LogP contribution < -0.4 is 24.8 Å². The average Bonchev–Trinajstić information content (AvgIpc) is 2.84. The highest BCUT2D eigenvalue weighted by atomic mass is 32.2. The fourth-order valence-corrected chi connectivity index (χ4v) is 4.02. The Kier molecular flexibility index (Phi) is 8.21. The summed E-state index contributed by atoms with van der Waals surface area (Å²) in [4.78, 5) is 26.4. The van der Waals surface area contributed by atoms with Gasteiger partial charge in [0.05, 0.1) is 26.6 Å². The van der Waals surface area contributed by atoms with Crippen molar-refractivity contribution < 1.29 is 23.8 Å². The van der Waals surface area contributed by atoms with Crippen molar-refractivity contribution in [3.05, 3.63) is 72.3 Å². The number of carbonyl (C=O) groups excluding carboxylic acids is 2. The number of methoxy groups -OCH3 is 3. The van der Waals surface area contributed by atoms with E-state index in [1.165, 1.54) is 26.0 Å². The van der Waals surface area contributed by atoms with Crippen LogP contribution in [0.25, 0.3) is 0 Å². The molecule has 8 heteroatoms. The van der Waals surface area contributed by atoms with Crippen molar-refractivity contribution >= 4 is 35.0 Å². The summed E-state index contributed by atoms with van der Waals surface area (Å²) in [5, 5.41) is 5.42. The highest BCUT2D eigenvalue weighted by Gasteiger charge is 2.19. The maximum absolute atomic E-state index is 12.9. The molecule has 0 aromatic heterocycles. The standard InChI is InChI=1S/C25H26N2O5S/c1-16(24(28)26-17-11-13-19(30-2)14-12-17)33-20-8-5-7-18(15-20)27-25(29)23-21(31-3)9-6-10-22(23)32-4/h5-16H,1-4H3,(H,26,28)(H,27,29). The van der Waals surface area contributed by atoms with Gasteiger partial charge in [0.1, 0.15) is 22.8 Å². The van der Waals surface area contributed by atoms with E-state index >= 15 is 0 Å². The van der Waals surface area contributed by atoms with Gasteiger partial charge in [0.15, 0.2) is 0 Å². The Morgan fingerprint density at radius 1 is 0.788 bits per heavy atom. The second-order valence-electron chi connectivity index (χ2n) is 7.00. The van der Waals surface area contributed by atoms with Crippen LogP contribution in [-0.2, 0) is 4.79 Å². The van der Waals surface area contributed by atoms with Gasteiger partial charge in [-0.05, 0) is 61.5 Å². The second-order valence-corrected chi connectivity index (χ2v) is 8.41. The molecule has 0 radical (unpaired) electrons. The molecule has 0 aliphatic carbocycles. The Morgan fingerprint density at radius 2 is 1.42 bits per heavy atom. The fraction of sp³-hybridized carbons (Fsp3) is 0.200. The van der Waals surface area contributed by atoms with Gasteiger partial charge in [0.25, 0.3) is 5.91 Å². The summed E-state index contributed by atoms with van der Waals surface area (Å²) in [7, 11) is 4.60. The SMILES string of the molecule is COc1ccc(NC(=O)C(C)Sc2cccc(NC(=O)c3c(OC)cccc3OC)c2)cc1. The Bertz CT molecular complexity index is 1100. The zero-order valence-electron chi connectivity index (χ0n) is 18.9. The molecule has 0 fully saturated rings. The number of thioether (sulfide) groups is 1. The van der Waals surface area contributed by atoms with E-state index in [0.717, 1.165) is 10.6 Å². The molecule has 1 unspecified atom stereocenters. The highest BCUT2D eigenvalue weighted by Crippen LogP contribution is 2.31. The molecule has 1 atom stereocenters. The van der Waals surface area contributed by atoms with Crippen molar-refractivity contribution in [2.75, 3.05) is 32.0 Å². The van der Waals surface area contributed by atoms with Crippen LogP contribution >= 0.6 is 11.8 Å². The van der Waals surface area contributed by atoms with E-state index in [4.69, 9.17) is 14.2 Å². The number of ether oxygens (including phenoxy) is 3. The third-order valence-electron chi connectivity index (χ3n) is 4.79. The maximum Gasteiger partial charge on any atom is 0.263 e. The normalized spacial score (nSPS) is 11.3. The summed E-state index contributed by atoms with van der Waals surface area (Å²) >= 11 is 1.39. The zero-order chi connectivity index (χ0) is 23.8. The number of hydrogen-bond acceptors (Lipinski definition) is 6. The predicted octanol–water partition coefficient (Wildman–Crippen LogP) is 5.08. The molecule has 172 valence electrons. The Hall–Kier alpha value is -3.65. The summed E-state index contributed by atoms with van der Waals surface area (Å²) < 4.78 is 15.8. The monoisotopic (exact) mass is 466 g/mol. The van der Waals surface area contributed by atoms with Crippen LogP contribution in [-0.4, -0.2) is 38.4 Å². The van der Waals surface area contributed by atoms with Gasteiger partial charge < -0.3 is 24.8 Å². The first-order chi connectivity index (χ1) is 15.9. The van der Waals surface area contributed by atoms with E-state index in [1.54, 1.807) is 55.6 Å². The van der Waals surface area contributed by atoms with Crippen molar-refractivity contribution in [1.82, 2.24) is 0 Å². The lowest BCUT2D eigenvalue weighted by Crippen LogP contribution is -2.22. The highest BCUT2D eigenvalue weighted by molar-refractivity contribution is 8.00. The summed E-state index contributed by atoms with van der Waals surface area (Å²) in [6.07, 6.45) is 0. The number of rotatable bonds is 9. The molecule has 2 N–H and O–H groups in total. The van der Waals surface area contributed by atoms with E-state index in [0.29, 0.717) is 28.4 Å². The van der Waals surface area contributed by atoms with Gasteiger partial charge >= 0.3 is 0 Å². The molecule has 0 saturated carbocycles. The minimum Gasteiger partial charge on any atom is -0.497 e. The lowest BCUT2D eigenvalue weighted by atomic mass is 10.1. The first-order valence-corrected chi connectivity index (χ1v) is 11.1. The lowest BCUT2D eigenvalue weighted by Gasteiger charge is -2.15. The molecule has 7 nitrogen and oxygen atoms in total. The molecule has 0 bridgehead atoms. The van der Waals surface area contributed by atoms with Gasteiger partial charge in [0, 0.05) is 16.3 Å². The zero-order valence-corrected chi connectivity index (χ0v) is 19.7. The quantitative estimate of drug-likeness (QED) is 0.428. The van der Waals surface area contributed by atoms with Crippen molar-refractivity contribution in [2.24, 2.45) is 0 Å². The number of amides is 2. The molecule has 0 heterocycles. The van der Waals surface area contributed by atoms with Crippen LogP contribution in [0.15, 0.2) is 71.6 Å². The number of carbonyl (C=O) groups is 2. The van der Waals surface area contributed by atoms with Gasteiger partial charge in [-0.2, -0.15) is 0 Å². The third-order valence-corrected chi connectivity index (χ3v) is 5.88. The second kappa shape index (κ2) is 11.3. The van der Waals surface area contributed by atoms with E-state index in [-0.39, 0.29) is 17.1 Å². The van der Waals surface area contributed by atoms with E-state index in [9.17, 15) is 9.59 Å². The van der Waals surface area contributed by atoms with Crippen LogP contribution in [0.3, 0.4) is 0 Å². The minimum absolute atomic E-state index is 0.127. The van der Waals surface area contributed by atoms with Crippen molar-refractivity contribution in [3.8, 4) is 17.2 Å². The van der Waals surface area contributed by atoms with E-state index in [2.05, 4.69) is 10.6 Å². The molecule has 33 heavy (non-hydrogen) atoms. The molecule has 3 aromatic carbocycles. The molecule has 3 rings (SSSR count). The van der Waals surface area contributed by atoms with Crippen molar-refractivity contribution in [2.45, 2.75) is 17.1 Å². The Morgan fingerprint density at radius 3 is 2.03 bits per heavy atom. The molecular formula is C25H26N2O5S. The number of nitrogens with one attached hydrogen (secondary N) is 2. The Balaban J connectivity index is 1.67. The third kappa shape index (κ3) is 6.20. The molecule has 2 amide bonds. The summed E-state index contributed by atoms with van der Waals surface area (Å²) in [6.45, 7) is 1.83. The lowest BCUT2D eigenvalue weighted by molar-refractivity contribution is -0.115. The first-order valence-electron chi connectivity index (χ1n) is 10.2. The number of benzene rings is 3. The number of hydrogen-bond donors (Lipinski definition) is 2. The van der Waals surface area contributed by atoms with Gasteiger partial charge in [-0.15, -0.1) is 11.8 Å². The molecule has 0 aliphatic heterocycles. The van der Waals surface area contributed by atoms with Crippen molar-refractivity contribution in [1.29, 1.82) is 0 Å². The average molecular weight is 467 g/mol. The topological polar surface area (TPSA) is 85.9 Å². The molecule has 3 aromatic rings. The predicted molar refractivity (Wildman–Crippen MR) is 131 cm³/mol. The van der Waals surface area contributed by atoms with Crippen LogP contribution in [0.4, 0.5) is 11.4 Å². The summed E-state index contributed by atoms with van der Waals surface area (Å²) in [6, 6.07) is 19.6. The van der Waals surface area contributed by atoms with Crippen LogP contribution in [0.1, 0.15) is 17.3 Å². The smallest absolute Gasteiger partial charge is 0.263 e. The minimum atomic E-state index is -0.354. The van der Waals surface area contributed by atoms with Crippen molar-refractivity contribution in [3.63, 3.8) is 0 Å². The molecule has 0 aliphatic rings. The van der Waals surface area contributed by atoms with Crippen LogP contribution in [0, 0.1) is 0 Å². The van der Waals surface area contributed by atoms with Crippen LogP contribution in [0.5, 0.6) is 17.2 Å². The van der Waals surface area contributed by atoms with Gasteiger partial charge in [0.2, 0.25) is 5.91 Å². The van der Waals surface area contributed by atoms with E-state index < -0.39 is 0 Å². The van der Waals surface area contributed by atoms with Crippen LogP contribution in [0.2, 0.25) is 0 Å². The van der Waals surface area contributed by atoms with E-state index in [1.807, 2.05) is 25.1 Å².